The Morgan fingerprint density at radius 3 is 2.25 bits per heavy atom. The summed E-state index contributed by atoms with van der Waals surface area (Å²) in [5.74, 6) is 0.441. The molecule has 160 valence electrons. The van der Waals surface area contributed by atoms with Crippen LogP contribution < -0.4 is 10.7 Å². The third-order valence-electron chi connectivity index (χ3n) is 5.41. The number of nitrogens with one attached hydrogen (secondary N) is 1. The number of hydrogen-bond acceptors (Lipinski definition) is 4. The zero-order chi connectivity index (χ0) is 22.1. The van der Waals surface area contributed by atoms with Crippen molar-refractivity contribution in [3.63, 3.8) is 0 Å². The van der Waals surface area contributed by atoms with E-state index in [9.17, 15) is 4.79 Å². The van der Waals surface area contributed by atoms with E-state index in [1.54, 1.807) is 17.1 Å². The van der Waals surface area contributed by atoms with Gasteiger partial charge in [0.05, 0.1) is 18.8 Å². The van der Waals surface area contributed by atoms with Crippen molar-refractivity contribution in [2.45, 2.75) is 12.5 Å². The van der Waals surface area contributed by atoms with Crippen molar-refractivity contribution in [1.29, 1.82) is 0 Å². The maximum Gasteiger partial charge on any atom is 0.345 e. The number of aromatic amines is 1. The lowest BCUT2D eigenvalue weighted by Gasteiger charge is -2.14. The Morgan fingerprint density at radius 1 is 0.906 bits per heavy atom. The predicted molar refractivity (Wildman–Crippen MR) is 128 cm³/mol. The van der Waals surface area contributed by atoms with Gasteiger partial charge in [-0.25, -0.2) is 14.5 Å². The van der Waals surface area contributed by atoms with E-state index in [4.69, 9.17) is 28.3 Å². The monoisotopic (exact) mass is 463 g/mol. The molecule has 0 saturated heterocycles. The minimum Gasteiger partial charge on any atom is -0.274 e. The lowest BCUT2D eigenvalue weighted by Crippen LogP contribution is -2.19. The number of nitrogens with zero attached hydrogens (tertiary/aromatic N) is 4. The maximum absolute atomic E-state index is 12.5. The zero-order valence-electron chi connectivity index (χ0n) is 17.0. The summed E-state index contributed by atoms with van der Waals surface area (Å²) in [5, 5.41) is 12.4. The van der Waals surface area contributed by atoms with E-state index in [1.807, 2.05) is 54.6 Å². The molecule has 1 atom stereocenters. The second-order valence-corrected chi connectivity index (χ2v) is 8.45. The van der Waals surface area contributed by atoms with Gasteiger partial charge in [-0.05, 0) is 41.0 Å². The molecule has 1 unspecified atom stereocenters. The first-order chi connectivity index (χ1) is 15.6. The summed E-state index contributed by atoms with van der Waals surface area (Å²) in [4.78, 5) is 15.4. The second kappa shape index (κ2) is 8.65. The molecule has 3 aromatic carbocycles. The maximum atomic E-state index is 12.5. The molecule has 0 bridgehead atoms. The Bertz CT molecular complexity index is 1310. The molecule has 32 heavy (non-hydrogen) atoms. The minimum atomic E-state index is -0.290. The van der Waals surface area contributed by atoms with E-state index < -0.39 is 0 Å². The molecular weight excluding hydrogens is 445 g/mol. The van der Waals surface area contributed by atoms with Crippen LogP contribution >= 0.6 is 23.2 Å². The van der Waals surface area contributed by atoms with Crippen molar-refractivity contribution in [2.24, 2.45) is 5.10 Å². The van der Waals surface area contributed by atoms with Gasteiger partial charge in [0.25, 0.3) is 0 Å². The first-order valence-corrected chi connectivity index (χ1v) is 10.9. The smallest absolute Gasteiger partial charge is 0.274 e. The largest absolute Gasteiger partial charge is 0.345 e. The standard InChI is InChI=1S/C24H19Cl2N5O/c25-19-10-6-16(7-11-19)14-31-24(32)27-23(29-31)30-15-21(17-4-2-1-3-5-17)22(28-30)18-8-12-20(26)13-9-18/h1-13,21H,14-15H2,(H,27,29,32). The van der Waals surface area contributed by atoms with E-state index in [0.29, 0.717) is 29.1 Å². The van der Waals surface area contributed by atoms with Crippen molar-refractivity contribution in [3.05, 3.63) is 116 Å². The molecule has 0 saturated carbocycles. The summed E-state index contributed by atoms with van der Waals surface area (Å²) in [6, 6.07) is 25.2. The predicted octanol–water partition coefficient (Wildman–Crippen LogP) is 4.93. The van der Waals surface area contributed by atoms with Gasteiger partial charge in [-0.1, -0.05) is 77.8 Å². The average Bonchev–Trinajstić information content (AvgIpc) is 3.41. The Morgan fingerprint density at radius 2 is 1.56 bits per heavy atom. The van der Waals surface area contributed by atoms with Gasteiger partial charge in [-0.15, -0.1) is 5.10 Å². The molecule has 0 fully saturated rings. The second-order valence-electron chi connectivity index (χ2n) is 7.58. The number of H-pyrrole nitrogens is 1. The van der Waals surface area contributed by atoms with Crippen LogP contribution in [0.15, 0.2) is 88.8 Å². The topological polar surface area (TPSA) is 66.3 Å². The third-order valence-corrected chi connectivity index (χ3v) is 5.92. The summed E-state index contributed by atoms with van der Waals surface area (Å²) in [6.07, 6.45) is 0. The highest BCUT2D eigenvalue weighted by molar-refractivity contribution is 6.31. The van der Waals surface area contributed by atoms with Crippen LogP contribution in [0.1, 0.15) is 22.6 Å². The molecule has 6 nitrogen and oxygen atoms in total. The summed E-state index contributed by atoms with van der Waals surface area (Å²) in [5.41, 5.74) is 3.67. The Hall–Kier alpha value is -3.35. The van der Waals surface area contributed by atoms with E-state index in [1.165, 1.54) is 4.68 Å². The molecule has 2 heterocycles. The minimum absolute atomic E-state index is 0.0299. The van der Waals surface area contributed by atoms with E-state index in [0.717, 1.165) is 22.4 Å². The molecule has 8 heteroatoms. The Balaban J connectivity index is 1.47. The average molecular weight is 464 g/mol. The van der Waals surface area contributed by atoms with Crippen LogP contribution in [0.5, 0.6) is 0 Å². The first kappa shape index (κ1) is 20.5. The quantitative estimate of drug-likeness (QED) is 0.455. The molecule has 1 aliphatic heterocycles. The summed E-state index contributed by atoms with van der Waals surface area (Å²) < 4.78 is 1.39. The molecule has 0 aliphatic carbocycles. The Labute approximate surface area is 194 Å². The van der Waals surface area contributed by atoms with Gasteiger partial charge >= 0.3 is 5.69 Å². The van der Waals surface area contributed by atoms with Gasteiger partial charge < -0.3 is 0 Å². The number of anilines is 1. The van der Waals surface area contributed by atoms with Crippen molar-refractivity contribution >= 4 is 34.9 Å². The van der Waals surface area contributed by atoms with E-state index in [2.05, 4.69) is 22.2 Å². The van der Waals surface area contributed by atoms with E-state index >= 15 is 0 Å². The summed E-state index contributed by atoms with van der Waals surface area (Å²) in [7, 11) is 0. The highest BCUT2D eigenvalue weighted by atomic mass is 35.5. The summed E-state index contributed by atoms with van der Waals surface area (Å²) in [6.45, 7) is 0.909. The highest BCUT2D eigenvalue weighted by Crippen LogP contribution is 2.30. The fourth-order valence-electron chi connectivity index (χ4n) is 3.79. The highest BCUT2D eigenvalue weighted by Gasteiger charge is 2.31. The van der Waals surface area contributed by atoms with Crippen molar-refractivity contribution in [1.82, 2.24) is 14.8 Å². The normalized spacial score (nSPS) is 15.8. The third kappa shape index (κ3) is 4.20. The van der Waals surface area contributed by atoms with Crippen LogP contribution in [0.25, 0.3) is 0 Å². The molecule has 5 rings (SSSR count). The molecule has 1 aromatic heterocycles. The SMILES string of the molecule is O=c1[nH]c(N2CC(c3ccccc3)C(c3ccc(Cl)cc3)=N2)nn1Cc1ccc(Cl)cc1. The van der Waals surface area contributed by atoms with Crippen LogP contribution in [-0.4, -0.2) is 27.0 Å². The lowest BCUT2D eigenvalue weighted by molar-refractivity contribution is 0.654. The molecule has 0 amide bonds. The fraction of sp³-hybridized carbons (Fsp3) is 0.125. The van der Waals surface area contributed by atoms with Gasteiger partial charge in [0.1, 0.15) is 0 Å². The number of halogens is 2. The number of aromatic nitrogens is 3. The molecule has 0 spiro atoms. The van der Waals surface area contributed by atoms with Gasteiger partial charge in [0.2, 0.25) is 5.95 Å². The molecule has 1 aliphatic rings. The fourth-order valence-corrected chi connectivity index (χ4v) is 4.04. The molecule has 1 N–H and O–H groups in total. The number of hydrazone groups is 1. The van der Waals surface area contributed by atoms with Crippen LogP contribution in [0.4, 0.5) is 5.95 Å². The van der Waals surface area contributed by atoms with Gasteiger partial charge in [0, 0.05) is 16.0 Å². The van der Waals surface area contributed by atoms with Crippen molar-refractivity contribution in [2.75, 3.05) is 11.6 Å². The number of rotatable bonds is 5. The van der Waals surface area contributed by atoms with Gasteiger partial charge in [0.15, 0.2) is 0 Å². The molecule has 4 aromatic rings. The number of hydrogen-bond donors (Lipinski definition) is 1. The van der Waals surface area contributed by atoms with Crippen LogP contribution in [0.3, 0.4) is 0 Å². The van der Waals surface area contributed by atoms with Crippen LogP contribution in [0.2, 0.25) is 10.0 Å². The number of benzene rings is 3. The Kier molecular flexibility index (Phi) is 5.55. The molecular formula is C24H19Cl2N5O. The summed E-state index contributed by atoms with van der Waals surface area (Å²) >= 11 is 12.0. The van der Waals surface area contributed by atoms with Crippen LogP contribution in [-0.2, 0) is 6.54 Å². The first-order valence-electron chi connectivity index (χ1n) is 10.2. The van der Waals surface area contributed by atoms with Gasteiger partial charge in [-0.2, -0.15) is 5.10 Å². The van der Waals surface area contributed by atoms with E-state index in [-0.39, 0.29) is 11.6 Å². The zero-order valence-corrected chi connectivity index (χ0v) is 18.5. The lowest BCUT2D eigenvalue weighted by atomic mass is 9.91. The van der Waals surface area contributed by atoms with Crippen molar-refractivity contribution in [3.8, 4) is 0 Å². The molecule has 0 radical (unpaired) electrons. The van der Waals surface area contributed by atoms with Crippen molar-refractivity contribution < 1.29 is 0 Å². The van der Waals surface area contributed by atoms with Crippen LogP contribution in [0, 0.1) is 0 Å². The van der Waals surface area contributed by atoms with Gasteiger partial charge in [-0.3, -0.25) is 4.98 Å².